The van der Waals surface area contributed by atoms with Crippen LogP contribution in [0.5, 0.6) is 0 Å². The Balaban J connectivity index is 1.73. The van der Waals surface area contributed by atoms with Crippen molar-refractivity contribution < 1.29 is 9.32 Å². The Morgan fingerprint density at radius 3 is 2.95 bits per heavy atom. The van der Waals surface area contributed by atoms with Gasteiger partial charge in [-0.05, 0) is 30.9 Å². The lowest BCUT2D eigenvalue weighted by Crippen LogP contribution is -2.41. The number of rotatable bonds is 5. The molecule has 1 atom stereocenters. The topological polar surface area (TPSA) is 81.1 Å². The minimum atomic E-state index is -0.255. The van der Waals surface area contributed by atoms with Gasteiger partial charge in [0.1, 0.15) is 0 Å². The summed E-state index contributed by atoms with van der Waals surface area (Å²) in [5, 5.41) is 7.33. The van der Waals surface area contributed by atoms with E-state index in [1.54, 1.807) is 18.2 Å². The molecule has 1 heterocycles. The van der Waals surface area contributed by atoms with Gasteiger partial charge < -0.3 is 15.6 Å². The number of carbonyl (C=O) groups excluding carboxylic acids is 1. The third-order valence-electron chi connectivity index (χ3n) is 3.61. The van der Waals surface area contributed by atoms with Crippen molar-refractivity contribution in [2.45, 2.75) is 18.9 Å². The number of aromatic nitrogens is 1. The molecule has 0 spiro atoms. The van der Waals surface area contributed by atoms with E-state index in [2.05, 4.69) is 10.5 Å². The summed E-state index contributed by atoms with van der Waals surface area (Å²) in [6, 6.07) is 8.83. The van der Waals surface area contributed by atoms with Crippen LogP contribution in [0.2, 0.25) is 5.02 Å². The first-order valence-corrected chi connectivity index (χ1v) is 7.29. The van der Waals surface area contributed by atoms with Crippen LogP contribution >= 0.6 is 11.6 Å². The molecule has 0 bridgehead atoms. The van der Waals surface area contributed by atoms with Crippen LogP contribution in [0.25, 0.3) is 11.3 Å². The molecule has 1 aliphatic rings. The molecular formula is C15H16ClN3O2. The van der Waals surface area contributed by atoms with E-state index in [0.717, 1.165) is 18.4 Å². The largest absolute Gasteiger partial charge is 0.355 e. The van der Waals surface area contributed by atoms with E-state index in [-0.39, 0.29) is 17.6 Å². The molecule has 21 heavy (non-hydrogen) atoms. The van der Waals surface area contributed by atoms with E-state index in [0.29, 0.717) is 23.2 Å². The second-order valence-electron chi connectivity index (χ2n) is 5.24. The molecule has 1 aromatic carbocycles. The molecule has 1 saturated carbocycles. The van der Waals surface area contributed by atoms with Crippen LogP contribution in [0.3, 0.4) is 0 Å². The summed E-state index contributed by atoms with van der Waals surface area (Å²) in [6.45, 7) is 0.440. The average Bonchev–Trinajstić information content (AvgIpc) is 3.20. The lowest BCUT2D eigenvalue weighted by Gasteiger charge is -2.14. The first-order valence-electron chi connectivity index (χ1n) is 6.91. The minimum absolute atomic E-state index is 0.0174. The molecule has 3 rings (SSSR count). The molecule has 0 aliphatic heterocycles. The quantitative estimate of drug-likeness (QED) is 0.889. The monoisotopic (exact) mass is 305 g/mol. The van der Waals surface area contributed by atoms with Gasteiger partial charge in [0.2, 0.25) is 0 Å². The lowest BCUT2D eigenvalue weighted by molar-refractivity contribution is 0.0924. The third-order valence-corrected chi connectivity index (χ3v) is 3.85. The van der Waals surface area contributed by atoms with Gasteiger partial charge in [-0.1, -0.05) is 28.9 Å². The van der Waals surface area contributed by atoms with Crippen molar-refractivity contribution in [2.75, 3.05) is 6.54 Å². The summed E-state index contributed by atoms with van der Waals surface area (Å²) in [5.41, 5.74) is 6.72. The Hall–Kier alpha value is -1.85. The maximum absolute atomic E-state index is 12.1. The zero-order chi connectivity index (χ0) is 14.8. The van der Waals surface area contributed by atoms with Crippen LogP contribution in [0.1, 0.15) is 23.3 Å². The fourth-order valence-corrected chi connectivity index (χ4v) is 2.46. The molecule has 3 N–H and O–H groups in total. The highest BCUT2D eigenvalue weighted by atomic mass is 35.5. The molecule has 5 nitrogen and oxygen atoms in total. The normalized spacial score (nSPS) is 15.7. The second-order valence-corrected chi connectivity index (χ2v) is 5.68. The highest BCUT2D eigenvalue weighted by Gasteiger charge is 2.31. The van der Waals surface area contributed by atoms with Gasteiger partial charge in [0.05, 0.1) is 0 Å². The zero-order valence-corrected chi connectivity index (χ0v) is 12.1. The summed E-state index contributed by atoms with van der Waals surface area (Å²) in [6.07, 6.45) is 2.24. The van der Waals surface area contributed by atoms with Gasteiger partial charge in [-0.15, -0.1) is 0 Å². The highest BCUT2D eigenvalue weighted by molar-refractivity contribution is 6.30. The van der Waals surface area contributed by atoms with Crippen molar-refractivity contribution in [3.63, 3.8) is 0 Å². The van der Waals surface area contributed by atoms with Crippen molar-refractivity contribution in [2.24, 2.45) is 11.7 Å². The third kappa shape index (κ3) is 3.25. The number of halogens is 1. The Morgan fingerprint density at radius 2 is 2.29 bits per heavy atom. The number of amides is 1. The summed E-state index contributed by atoms with van der Waals surface area (Å²) in [5.74, 6) is 0.756. The van der Waals surface area contributed by atoms with Gasteiger partial charge in [-0.3, -0.25) is 4.79 Å². The van der Waals surface area contributed by atoms with Crippen LogP contribution < -0.4 is 11.1 Å². The first-order chi connectivity index (χ1) is 10.2. The minimum Gasteiger partial charge on any atom is -0.355 e. The molecule has 2 aromatic rings. The molecule has 1 amide bonds. The zero-order valence-electron chi connectivity index (χ0n) is 11.4. The second kappa shape index (κ2) is 5.87. The van der Waals surface area contributed by atoms with E-state index in [9.17, 15) is 4.79 Å². The Morgan fingerprint density at radius 1 is 1.48 bits per heavy atom. The fourth-order valence-electron chi connectivity index (χ4n) is 2.27. The Labute approximate surface area is 127 Å². The van der Waals surface area contributed by atoms with E-state index >= 15 is 0 Å². The summed E-state index contributed by atoms with van der Waals surface area (Å²) >= 11 is 5.94. The summed E-state index contributed by atoms with van der Waals surface area (Å²) in [7, 11) is 0. The smallest absolute Gasteiger partial charge is 0.273 e. The van der Waals surface area contributed by atoms with Gasteiger partial charge in [0.25, 0.3) is 5.91 Å². The van der Waals surface area contributed by atoms with Crippen LogP contribution in [0.15, 0.2) is 34.9 Å². The molecular weight excluding hydrogens is 290 g/mol. The predicted octanol–water partition coefficient (Wildman–Crippen LogP) is 2.46. The van der Waals surface area contributed by atoms with Crippen LogP contribution in [-0.4, -0.2) is 23.7 Å². The summed E-state index contributed by atoms with van der Waals surface area (Å²) < 4.78 is 5.22. The predicted molar refractivity (Wildman–Crippen MR) is 80.0 cm³/mol. The molecule has 0 radical (unpaired) electrons. The number of nitrogens with zero attached hydrogens (tertiary/aromatic N) is 1. The van der Waals surface area contributed by atoms with E-state index in [1.165, 1.54) is 0 Å². The molecule has 1 fully saturated rings. The van der Waals surface area contributed by atoms with Crippen molar-refractivity contribution >= 4 is 17.5 Å². The van der Waals surface area contributed by atoms with Crippen molar-refractivity contribution in [1.29, 1.82) is 0 Å². The SMILES string of the molecule is NCC(NC(=O)c1cc(-c2cccc(Cl)c2)on1)C1CC1. The van der Waals surface area contributed by atoms with Gasteiger partial charge in [0.15, 0.2) is 11.5 Å². The molecule has 1 aromatic heterocycles. The van der Waals surface area contributed by atoms with Gasteiger partial charge in [-0.25, -0.2) is 0 Å². The Bertz CT molecular complexity index is 652. The standard InChI is InChI=1S/C15H16ClN3O2/c16-11-3-1-2-10(6-11)14-7-12(19-21-14)15(20)18-13(8-17)9-4-5-9/h1-3,6-7,9,13H,4-5,8,17H2,(H,18,20). The number of carbonyl (C=O) groups is 1. The maximum Gasteiger partial charge on any atom is 0.273 e. The van der Waals surface area contributed by atoms with Crippen molar-refractivity contribution in [3.8, 4) is 11.3 Å². The number of nitrogens with one attached hydrogen (secondary N) is 1. The van der Waals surface area contributed by atoms with Crippen LogP contribution in [0.4, 0.5) is 0 Å². The molecule has 0 saturated heterocycles. The molecule has 1 unspecified atom stereocenters. The van der Waals surface area contributed by atoms with E-state index in [1.807, 2.05) is 12.1 Å². The number of hydrogen-bond donors (Lipinski definition) is 2. The average molecular weight is 306 g/mol. The van der Waals surface area contributed by atoms with Gasteiger partial charge in [0, 0.05) is 29.2 Å². The van der Waals surface area contributed by atoms with Gasteiger partial charge >= 0.3 is 0 Å². The maximum atomic E-state index is 12.1. The van der Waals surface area contributed by atoms with Crippen LogP contribution in [0, 0.1) is 5.92 Å². The Kier molecular flexibility index (Phi) is 3.94. The van der Waals surface area contributed by atoms with E-state index < -0.39 is 0 Å². The van der Waals surface area contributed by atoms with Crippen molar-refractivity contribution in [1.82, 2.24) is 10.5 Å². The number of benzene rings is 1. The molecule has 110 valence electrons. The lowest BCUT2D eigenvalue weighted by atomic mass is 10.1. The first kappa shape index (κ1) is 14.1. The molecule has 1 aliphatic carbocycles. The number of hydrogen-bond acceptors (Lipinski definition) is 4. The van der Waals surface area contributed by atoms with Crippen LogP contribution in [-0.2, 0) is 0 Å². The number of nitrogens with two attached hydrogens (primary N) is 1. The van der Waals surface area contributed by atoms with Gasteiger partial charge in [-0.2, -0.15) is 0 Å². The summed E-state index contributed by atoms with van der Waals surface area (Å²) in [4.78, 5) is 12.1. The highest BCUT2D eigenvalue weighted by Crippen LogP contribution is 2.32. The van der Waals surface area contributed by atoms with E-state index in [4.69, 9.17) is 21.9 Å². The fraction of sp³-hybridized carbons (Fsp3) is 0.333. The molecule has 6 heteroatoms. The van der Waals surface area contributed by atoms with Crippen molar-refractivity contribution in [3.05, 3.63) is 41.0 Å².